The van der Waals surface area contributed by atoms with Gasteiger partial charge in [-0.1, -0.05) is 0 Å². The van der Waals surface area contributed by atoms with Crippen LogP contribution < -0.4 is 5.32 Å². The summed E-state index contributed by atoms with van der Waals surface area (Å²) in [5, 5.41) is 3.43. The lowest BCUT2D eigenvalue weighted by molar-refractivity contribution is 0.150. The zero-order valence-electron chi connectivity index (χ0n) is 8.19. The Hall–Kier alpha value is -0.150. The highest BCUT2D eigenvalue weighted by Gasteiger charge is 2.42. The fourth-order valence-corrected chi connectivity index (χ4v) is 2.81. The van der Waals surface area contributed by atoms with Crippen molar-refractivity contribution in [2.75, 3.05) is 32.9 Å². The Morgan fingerprint density at radius 2 is 2.31 bits per heavy atom. The van der Waals surface area contributed by atoms with Crippen molar-refractivity contribution >= 4 is 0 Å². The van der Waals surface area contributed by atoms with Gasteiger partial charge in [0.2, 0.25) is 0 Å². The third kappa shape index (κ3) is 1.72. The minimum atomic E-state index is -0.167. The van der Waals surface area contributed by atoms with Crippen LogP contribution in [0.3, 0.4) is 0 Å². The summed E-state index contributed by atoms with van der Waals surface area (Å²) in [6.45, 7) is 4.24. The topological polar surface area (TPSA) is 15.3 Å². The molecule has 0 aromatic carbocycles. The molecule has 0 bridgehead atoms. The van der Waals surface area contributed by atoms with E-state index in [1.807, 2.05) is 0 Å². The first-order valence-corrected chi connectivity index (χ1v) is 5.39. The van der Waals surface area contributed by atoms with E-state index in [1.54, 1.807) is 0 Å². The number of nitrogens with zero attached hydrogens (tertiary/aromatic N) is 1. The molecule has 1 N–H and O–H groups in total. The van der Waals surface area contributed by atoms with Crippen LogP contribution in [0.5, 0.6) is 0 Å². The lowest BCUT2D eigenvalue weighted by Gasteiger charge is -2.34. The summed E-state index contributed by atoms with van der Waals surface area (Å²) in [6, 6.07) is 0. The summed E-state index contributed by atoms with van der Waals surface area (Å²) in [7, 11) is 0. The predicted octanol–water partition coefficient (Wildman–Crippen LogP) is 1.17. The smallest absolute Gasteiger partial charge is 0.0906 e. The Morgan fingerprint density at radius 3 is 3.00 bits per heavy atom. The summed E-state index contributed by atoms with van der Waals surface area (Å²) in [6.07, 6.45) is 4.58. The van der Waals surface area contributed by atoms with Crippen LogP contribution in [0.4, 0.5) is 4.39 Å². The maximum absolute atomic E-state index is 12.1. The lowest BCUT2D eigenvalue weighted by Crippen LogP contribution is -2.46. The molecule has 13 heavy (non-hydrogen) atoms. The summed E-state index contributed by atoms with van der Waals surface area (Å²) in [5.41, 5.74) is 0.412. The van der Waals surface area contributed by atoms with E-state index in [4.69, 9.17) is 0 Å². The van der Waals surface area contributed by atoms with E-state index in [-0.39, 0.29) is 6.67 Å². The summed E-state index contributed by atoms with van der Waals surface area (Å²) < 4.78 is 12.1. The highest BCUT2D eigenvalue weighted by molar-refractivity contribution is 5.01. The fraction of sp³-hybridized carbons (Fsp3) is 1.00. The van der Waals surface area contributed by atoms with Crippen LogP contribution in [0.2, 0.25) is 0 Å². The Bertz CT molecular complexity index is 161. The molecule has 0 amide bonds. The van der Waals surface area contributed by atoms with E-state index in [1.165, 1.54) is 25.8 Å². The monoisotopic (exact) mass is 186 g/mol. The van der Waals surface area contributed by atoms with Gasteiger partial charge in [0.25, 0.3) is 0 Å². The number of nitrogens with one attached hydrogen (secondary N) is 1. The second kappa shape index (κ2) is 3.93. The molecule has 0 saturated carbocycles. The maximum atomic E-state index is 12.1. The van der Waals surface area contributed by atoms with Crippen molar-refractivity contribution in [2.24, 2.45) is 0 Å². The average molecular weight is 186 g/mol. The van der Waals surface area contributed by atoms with Crippen LogP contribution in [0.15, 0.2) is 0 Å². The van der Waals surface area contributed by atoms with Crippen LogP contribution in [-0.4, -0.2) is 43.3 Å². The Kier molecular flexibility index (Phi) is 2.84. The molecule has 76 valence electrons. The van der Waals surface area contributed by atoms with Crippen molar-refractivity contribution in [1.82, 2.24) is 10.2 Å². The first kappa shape index (κ1) is 9.41. The van der Waals surface area contributed by atoms with Crippen molar-refractivity contribution in [3.63, 3.8) is 0 Å². The Morgan fingerprint density at radius 1 is 1.38 bits per heavy atom. The van der Waals surface area contributed by atoms with Gasteiger partial charge < -0.3 is 5.32 Å². The van der Waals surface area contributed by atoms with Gasteiger partial charge in [-0.2, -0.15) is 0 Å². The number of hydrogen-bond donors (Lipinski definition) is 1. The molecule has 0 radical (unpaired) electrons. The van der Waals surface area contributed by atoms with Gasteiger partial charge in [-0.3, -0.25) is 9.29 Å². The van der Waals surface area contributed by atoms with Crippen molar-refractivity contribution < 1.29 is 4.39 Å². The molecule has 2 nitrogen and oxygen atoms in total. The number of likely N-dealkylation sites (tertiary alicyclic amines) is 1. The van der Waals surface area contributed by atoms with Gasteiger partial charge in [-0.25, -0.2) is 0 Å². The van der Waals surface area contributed by atoms with Crippen LogP contribution in [0, 0.1) is 0 Å². The van der Waals surface area contributed by atoms with Gasteiger partial charge in [-0.05, 0) is 38.8 Å². The van der Waals surface area contributed by atoms with Crippen LogP contribution in [0.1, 0.15) is 25.7 Å². The molecule has 0 aromatic rings. The molecule has 1 atom stereocenters. The number of halogens is 1. The van der Waals surface area contributed by atoms with Crippen LogP contribution >= 0.6 is 0 Å². The third-order valence-electron chi connectivity index (χ3n) is 3.52. The molecule has 1 unspecified atom stereocenters. The number of hydrogen-bond acceptors (Lipinski definition) is 2. The number of alkyl halides is 1. The zero-order chi connectivity index (χ0) is 9.15. The Balaban J connectivity index is 1.93. The third-order valence-corrected chi connectivity index (χ3v) is 3.52. The molecular weight excluding hydrogens is 167 g/mol. The highest BCUT2D eigenvalue weighted by atomic mass is 19.1. The standard InChI is InChI=1S/C10H19FN2/c11-5-2-8-13-7-1-3-10(13)4-6-12-9-10/h12H,1-9H2. The maximum Gasteiger partial charge on any atom is 0.0906 e. The normalized spacial score (nSPS) is 34.8. The highest BCUT2D eigenvalue weighted by Crippen LogP contribution is 2.34. The largest absolute Gasteiger partial charge is 0.315 e. The minimum Gasteiger partial charge on any atom is -0.315 e. The second-order valence-electron chi connectivity index (χ2n) is 4.28. The van der Waals surface area contributed by atoms with E-state index >= 15 is 0 Å². The van der Waals surface area contributed by atoms with Crippen LogP contribution in [0.25, 0.3) is 0 Å². The van der Waals surface area contributed by atoms with Gasteiger partial charge in [0, 0.05) is 18.6 Å². The molecule has 2 aliphatic rings. The average Bonchev–Trinajstić information content (AvgIpc) is 2.75. The van der Waals surface area contributed by atoms with E-state index in [0.717, 1.165) is 19.6 Å². The van der Waals surface area contributed by atoms with Crippen LogP contribution in [-0.2, 0) is 0 Å². The van der Waals surface area contributed by atoms with Gasteiger partial charge in [0.15, 0.2) is 0 Å². The van der Waals surface area contributed by atoms with E-state index in [9.17, 15) is 4.39 Å². The molecule has 2 heterocycles. The first-order chi connectivity index (χ1) is 6.37. The zero-order valence-corrected chi connectivity index (χ0v) is 8.19. The van der Waals surface area contributed by atoms with Gasteiger partial charge in [-0.15, -0.1) is 0 Å². The molecule has 0 aromatic heterocycles. The fourth-order valence-electron chi connectivity index (χ4n) is 2.81. The minimum absolute atomic E-state index is 0.167. The molecule has 1 spiro atoms. The van der Waals surface area contributed by atoms with E-state index in [2.05, 4.69) is 10.2 Å². The van der Waals surface area contributed by atoms with Gasteiger partial charge >= 0.3 is 0 Å². The SMILES string of the molecule is FCCCN1CCCC12CCNC2. The molecular formula is C10H19FN2. The molecule has 2 rings (SSSR count). The van der Waals surface area contributed by atoms with Crippen molar-refractivity contribution in [2.45, 2.75) is 31.2 Å². The summed E-state index contributed by atoms with van der Waals surface area (Å²) in [5.74, 6) is 0. The summed E-state index contributed by atoms with van der Waals surface area (Å²) in [4.78, 5) is 2.51. The van der Waals surface area contributed by atoms with Gasteiger partial charge in [0.05, 0.1) is 6.67 Å². The van der Waals surface area contributed by atoms with Crippen molar-refractivity contribution in [1.29, 1.82) is 0 Å². The number of rotatable bonds is 3. The van der Waals surface area contributed by atoms with Gasteiger partial charge in [0.1, 0.15) is 0 Å². The Labute approximate surface area is 79.5 Å². The quantitative estimate of drug-likeness (QED) is 0.712. The lowest BCUT2D eigenvalue weighted by atomic mass is 9.95. The predicted molar refractivity (Wildman–Crippen MR) is 51.6 cm³/mol. The van der Waals surface area contributed by atoms with Crippen molar-refractivity contribution in [3.05, 3.63) is 0 Å². The van der Waals surface area contributed by atoms with E-state index in [0.29, 0.717) is 12.0 Å². The molecule has 3 heteroatoms. The first-order valence-electron chi connectivity index (χ1n) is 5.39. The molecule has 2 fully saturated rings. The second-order valence-corrected chi connectivity index (χ2v) is 4.28. The van der Waals surface area contributed by atoms with E-state index < -0.39 is 0 Å². The molecule has 0 aliphatic carbocycles. The summed E-state index contributed by atoms with van der Waals surface area (Å²) >= 11 is 0. The molecule has 2 aliphatic heterocycles. The molecule has 2 saturated heterocycles. The van der Waals surface area contributed by atoms with Crippen molar-refractivity contribution in [3.8, 4) is 0 Å².